The molecule has 0 bridgehead atoms. The number of hydrogen-bond acceptors (Lipinski definition) is 7. The highest BCUT2D eigenvalue weighted by Gasteiger charge is 2.22. The van der Waals surface area contributed by atoms with Crippen molar-refractivity contribution < 1.29 is 23.8 Å². The zero-order valence-electron chi connectivity index (χ0n) is 15.3. The number of carbonyl (C=O) groups is 2. The number of nitrogens with zero attached hydrogens (tertiary/aromatic N) is 2. The van der Waals surface area contributed by atoms with E-state index in [1.54, 1.807) is 18.2 Å². The number of hydrogen-bond donors (Lipinski definition) is 0. The lowest BCUT2D eigenvalue weighted by Gasteiger charge is -2.18. The van der Waals surface area contributed by atoms with Crippen LogP contribution >= 0.6 is 11.3 Å². The van der Waals surface area contributed by atoms with Gasteiger partial charge in [-0.15, -0.1) is 0 Å². The van der Waals surface area contributed by atoms with Crippen LogP contribution < -0.4 is 9.64 Å². The first-order valence-electron chi connectivity index (χ1n) is 8.82. The molecule has 27 heavy (non-hydrogen) atoms. The number of methoxy groups -OCH3 is 1. The summed E-state index contributed by atoms with van der Waals surface area (Å²) in [6, 6.07) is 7.06. The van der Waals surface area contributed by atoms with Gasteiger partial charge in [-0.25, -0.2) is 9.78 Å². The van der Waals surface area contributed by atoms with Crippen molar-refractivity contribution in [2.75, 3.05) is 31.8 Å². The number of aromatic nitrogens is 1. The predicted octanol–water partition coefficient (Wildman–Crippen LogP) is 3.15. The van der Waals surface area contributed by atoms with Crippen molar-refractivity contribution in [3.63, 3.8) is 0 Å². The molecule has 2 heterocycles. The summed E-state index contributed by atoms with van der Waals surface area (Å²) < 4.78 is 16.0. The van der Waals surface area contributed by atoms with Crippen LogP contribution in [0.1, 0.15) is 39.8 Å². The number of anilines is 1. The van der Waals surface area contributed by atoms with Crippen LogP contribution in [0.3, 0.4) is 0 Å². The number of thiazole rings is 1. The maximum atomic E-state index is 12.9. The summed E-state index contributed by atoms with van der Waals surface area (Å²) in [5, 5.41) is 0.452. The Labute approximate surface area is 161 Å². The molecule has 0 radical (unpaired) electrons. The molecule has 0 N–H and O–H groups in total. The first kappa shape index (κ1) is 19.3. The summed E-state index contributed by atoms with van der Waals surface area (Å²) in [5.74, 6) is -0.0422. The van der Waals surface area contributed by atoms with Crippen LogP contribution in [0, 0.1) is 0 Å². The van der Waals surface area contributed by atoms with E-state index >= 15 is 0 Å². The average Bonchev–Trinajstić information content (AvgIpc) is 3.39. The molecule has 0 aliphatic carbocycles. The lowest BCUT2D eigenvalue weighted by atomic mass is 10.2. The minimum Gasteiger partial charge on any atom is -0.491 e. The van der Waals surface area contributed by atoms with Crippen molar-refractivity contribution in [1.29, 1.82) is 0 Å². The summed E-state index contributed by atoms with van der Waals surface area (Å²) in [4.78, 5) is 30.6. The molecule has 7 nitrogen and oxygen atoms in total. The molecule has 1 aliphatic rings. The molecule has 1 atom stereocenters. The van der Waals surface area contributed by atoms with Crippen LogP contribution in [0.5, 0.6) is 5.75 Å². The number of esters is 1. The first-order valence-corrected chi connectivity index (χ1v) is 9.64. The second-order valence-corrected chi connectivity index (χ2v) is 7.03. The Morgan fingerprint density at radius 3 is 2.96 bits per heavy atom. The van der Waals surface area contributed by atoms with E-state index in [0.717, 1.165) is 30.8 Å². The Morgan fingerprint density at radius 1 is 1.41 bits per heavy atom. The lowest BCUT2D eigenvalue weighted by Crippen LogP contribution is -2.30. The van der Waals surface area contributed by atoms with Crippen molar-refractivity contribution in [2.45, 2.75) is 25.9 Å². The number of rotatable bonds is 7. The van der Waals surface area contributed by atoms with E-state index in [9.17, 15) is 9.59 Å². The zero-order valence-corrected chi connectivity index (χ0v) is 16.2. The lowest BCUT2D eigenvalue weighted by molar-refractivity contribution is 0.0606. The average molecular weight is 390 g/mol. The van der Waals surface area contributed by atoms with Crippen molar-refractivity contribution >= 4 is 28.3 Å². The summed E-state index contributed by atoms with van der Waals surface area (Å²) in [7, 11) is 1.31. The van der Waals surface area contributed by atoms with Gasteiger partial charge in [0.25, 0.3) is 5.91 Å². The van der Waals surface area contributed by atoms with Gasteiger partial charge in [0.05, 0.1) is 19.4 Å². The van der Waals surface area contributed by atoms with E-state index in [1.807, 2.05) is 13.0 Å². The second-order valence-electron chi connectivity index (χ2n) is 6.02. The maximum Gasteiger partial charge on any atom is 0.349 e. The Morgan fingerprint density at radius 2 is 2.26 bits per heavy atom. The van der Waals surface area contributed by atoms with E-state index in [2.05, 4.69) is 4.98 Å². The molecule has 1 fully saturated rings. The highest BCUT2D eigenvalue weighted by atomic mass is 32.1. The molecule has 0 saturated carbocycles. The van der Waals surface area contributed by atoms with Gasteiger partial charge in [0.1, 0.15) is 17.2 Å². The largest absolute Gasteiger partial charge is 0.491 e. The molecule has 2 aromatic rings. The molecular formula is C19H22N2O5S. The third kappa shape index (κ3) is 4.64. The molecule has 1 aliphatic heterocycles. The quantitative estimate of drug-likeness (QED) is 0.676. The third-order valence-corrected chi connectivity index (χ3v) is 5.21. The monoisotopic (exact) mass is 390 g/mol. The van der Waals surface area contributed by atoms with Crippen LogP contribution in [-0.4, -0.2) is 49.8 Å². The number of benzene rings is 1. The Hall–Kier alpha value is -2.45. The first-order chi connectivity index (χ1) is 13.1. The molecule has 0 unspecified atom stereocenters. The van der Waals surface area contributed by atoms with Crippen molar-refractivity contribution in [3.05, 3.63) is 40.9 Å². The molecule has 1 aromatic heterocycles. The van der Waals surface area contributed by atoms with E-state index < -0.39 is 5.97 Å². The maximum absolute atomic E-state index is 12.9. The van der Waals surface area contributed by atoms with E-state index in [-0.39, 0.29) is 12.0 Å². The van der Waals surface area contributed by atoms with Gasteiger partial charge in [-0.1, -0.05) is 17.4 Å². The molecule has 1 aromatic carbocycles. The SMILES string of the molecule is CCN(C(=O)c1cccc(OC[C@@H]2CCCO2)c1)c1ncc(C(=O)OC)s1. The van der Waals surface area contributed by atoms with Crippen molar-refractivity contribution in [2.24, 2.45) is 0 Å². The zero-order chi connectivity index (χ0) is 19.2. The molecular weight excluding hydrogens is 368 g/mol. The second kappa shape index (κ2) is 8.96. The van der Waals surface area contributed by atoms with Gasteiger partial charge in [-0.3, -0.25) is 9.69 Å². The van der Waals surface area contributed by atoms with Gasteiger partial charge in [0.2, 0.25) is 0 Å². The molecule has 1 saturated heterocycles. The smallest absolute Gasteiger partial charge is 0.349 e. The Bertz CT molecular complexity index is 801. The molecule has 8 heteroatoms. The van der Waals surface area contributed by atoms with Crippen LogP contribution in [0.15, 0.2) is 30.5 Å². The summed E-state index contributed by atoms with van der Waals surface area (Å²) in [5.41, 5.74) is 0.497. The van der Waals surface area contributed by atoms with Gasteiger partial charge < -0.3 is 14.2 Å². The standard InChI is InChI=1S/C19H22N2O5S/c1-3-21(19-20-11-16(27-19)18(23)24-2)17(22)13-6-4-7-14(10-13)26-12-15-8-5-9-25-15/h4,6-7,10-11,15H,3,5,8-9,12H2,1-2H3/t15-/m0/s1. The Kier molecular flexibility index (Phi) is 6.41. The van der Waals surface area contributed by atoms with Crippen LogP contribution in [0.25, 0.3) is 0 Å². The van der Waals surface area contributed by atoms with Crippen molar-refractivity contribution in [1.82, 2.24) is 4.98 Å². The fraction of sp³-hybridized carbons (Fsp3) is 0.421. The number of ether oxygens (including phenoxy) is 3. The third-order valence-electron chi connectivity index (χ3n) is 4.21. The number of amides is 1. The van der Waals surface area contributed by atoms with Crippen molar-refractivity contribution in [3.8, 4) is 5.75 Å². The molecule has 1 amide bonds. The minimum atomic E-state index is -0.466. The van der Waals surface area contributed by atoms with Gasteiger partial charge in [-0.2, -0.15) is 0 Å². The van der Waals surface area contributed by atoms with Crippen LogP contribution in [-0.2, 0) is 9.47 Å². The molecule has 144 valence electrons. The van der Waals surface area contributed by atoms with Gasteiger partial charge >= 0.3 is 5.97 Å². The predicted molar refractivity (Wildman–Crippen MR) is 102 cm³/mol. The normalized spacial score (nSPS) is 16.1. The summed E-state index contributed by atoms with van der Waals surface area (Å²) in [6.07, 6.45) is 3.58. The molecule has 3 rings (SSSR count). The van der Waals surface area contributed by atoms with Gasteiger partial charge in [0, 0.05) is 18.7 Å². The fourth-order valence-corrected chi connectivity index (χ4v) is 3.69. The van der Waals surface area contributed by atoms with Crippen LogP contribution in [0.4, 0.5) is 5.13 Å². The molecule has 0 spiro atoms. The Balaban J connectivity index is 1.71. The van der Waals surface area contributed by atoms with E-state index in [0.29, 0.717) is 34.5 Å². The van der Waals surface area contributed by atoms with Crippen LogP contribution in [0.2, 0.25) is 0 Å². The fourth-order valence-electron chi connectivity index (χ4n) is 2.79. The van der Waals surface area contributed by atoms with E-state index in [4.69, 9.17) is 14.2 Å². The highest BCUT2D eigenvalue weighted by molar-refractivity contribution is 7.17. The van der Waals surface area contributed by atoms with Gasteiger partial charge in [0.15, 0.2) is 5.13 Å². The minimum absolute atomic E-state index is 0.114. The van der Waals surface area contributed by atoms with Gasteiger partial charge in [-0.05, 0) is 38.0 Å². The summed E-state index contributed by atoms with van der Waals surface area (Å²) >= 11 is 1.12. The highest BCUT2D eigenvalue weighted by Crippen LogP contribution is 2.25. The number of carbonyl (C=O) groups excluding carboxylic acids is 2. The topological polar surface area (TPSA) is 78.0 Å². The van der Waals surface area contributed by atoms with E-state index in [1.165, 1.54) is 18.2 Å². The summed E-state index contributed by atoms with van der Waals surface area (Å²) in [6.45, 7) is 3.53.